The molecule has 122 valence electrons. The molecule has 23 heavy (non-hydrogen) atoms. The van der Waals surface area contributed by atoms with Gasteiger partial charge in [0.1, 0.15) is 4.88 Å². The van der Waals surface area contributed by atoms with Gasteiger partial charge in [-0.2, -0.15) is 0 Å². The van der Waals surface area contributed by atoms with Gasteiger partial charge < -0.3 is 11.1 Å². The Labute approximate surface area is 139 Å². The summed E-state index contributed by atoms with van der Waals surface area (Å²) >= 11 is 1.43. The molecule has 2 amide bonds. The lowest BCUT2D eigenvalue weighted by molar-refractivity contribution is -0.117. The number of hydrogen-bond donors (Lipinski definition) is 2. The molecular formula is C17H21N3O2S. The third-order valence-electron chi connectivity index (χ3n) is 3.42. The fraction of sp³-hybridized carbons (Fsp3) is 0.353. The molecule has 0 saturated carbocycles. The number of unbranched alkanes of at least 4 members (excludes halogenated alkanes) is 1. The van der Waals surface area contributed by atoms with Crippen LogP contribution in [-0.4, -0.2) is 16.8 Å². The third-order valence-corrected chi connectivity index (χ3v) is 4.64. The predicted octanol–water partition coefficient (Wildman–Crippen LogP) is 3.07. The average molecular weight is 331 g/mol. The molecule has 5 nitrogen and oxygen atoms in total. The molecule has 0 spiro atoms. The highest BCUT2D eigenvalue weighted by Crippen LogP contribution is 2.23. The number of rotatable bonds is 7. The predicted molar refractivity (Wildman–Crippen MR) is 92.8 cm³/mol. The molecule has 0 atom stereocenters. The maximum atomic E-state index is 12.5. The van der Waals surface area contributed by atoms with Crippen LogP contribution in [0, 0.1) is 6.92 Å². The Balaban J connectivity index is 2.16. The van der Waals surface area contributed by atoms with Crippen molar-refractivity contribution in [3.05, 3.63) is 45.4 Å². The molecule has 0 fully saturated rings. The fourth-order valence-corrected chi connectivity index (χ4v) is 3.26. The first-order valence-corrected chi connectivity index (χ1v) is 8.46. The summed E-state index contributed by atoms with van der Waals surface area (Å²) in [5.41, 5.74) is 7.31. The molecule has 0 aliphatic heterocycles. The van der Waals surface area contributed by atoms with E-state index < -0.39 is 5.91 Å². The highest BCUT2D eigenvalue weighted by atomic mass is 32.1. The van der Waals surface area contributed by atoms with E-state index in [0.29, 0.717) is 16.1 Å². The number of nitrogens with one attached hydrogen (secondary N) is 1. The van der Waals surface area contributed by atoms with Crippen LogP contribution in [0.1, 0.15) is 45.7 Å². The largest absolute Gasteiger partial charge is 0.369 e. The molecule has 1 aromatic carbocycles. The molecular weight excluding hydrogens is 310 g/mol. The van der Waals surface area contributed by atoms with Gasteiger partial charge in [0.2, 0.25) is 5.91 Å². The summed E-state index contributed by atoms with van der Waals surface area (Å²) in [6.07, 6.45) is 3.16. The van der Waals surface area contributed by atoms with Gasteiger partial charge in [0.15, 0.2) is 0 Å². The first-order chi connectivity index (χ1) is 11.0. The minimum absolute atomic E-state index is 0.0971. The number of aromatic nitrogens is 1. The van der Waals surface area contributed by atoms with Gasteiger partial charge in [0.05, 0.1) is 17.1 Å². The summed E-state index contributed by atoms with van der Waals surface area (Å²) in [6, 6.07) is 7.18. The molecule has 0 bridgehead atoms. The number of primary amides is 1. The maximum absolute atomic E-state index is 12.5. The molecule has 6 heteroatoms. The van der Waals surface area contributed by atoms with Crippen LogP contribution in [0.15, 0.2) is 24.3 Å². The van der Waals surface area contributed by atoms with Gasteiger partial charge in [0, 0.05) is 5.69 Å². The number of amides is 2. The second kappa shape index (κ2) is 7.87. The number of hydrogen-bond acceptors (Lipinski definition) is 4. The van der Waals surface area contributed by atoms with Crippen molar-refractivity contribution in [2.75, 3.05) is 5.32 Å². The van der Waals surface area contributed by atoms with E-state index in [9.17, 15) is 9.59 Å². The number of nitrogens with two attached hydrogens (primary N) is 1. The molecule has 2 rings (SSSR count). The van der Waals surface area contributed by atoms with Gasteiger partial charge in [-0.05, 0) is 31.4 Å². The first-order valence-electron chi connectivity index (χ1n) is 7.65. The van der Waals surface area contributed by atoms with E-state index in [-0.39, 0.29) is 12.3 Å². The Morgan fingerprint density at radius 2 is 2.04 bits per heavy atom. The maximum Gasteiger partial charge on any atom is 0.267 e. The number of nitrogens with zero attached hydrogens (tertiary/aromatic N) is 1. The van der Waals surface area contributed by atoms with Crippen LogP contribution in [0.3, 0.4) is 0 Å². The van der Waals surface area contributed by atoms with Crippen molar-refractivity contribution in [3.8, 4) is 0 Å². The molecule has 3 N–H and O–H groups in total. The number of thiazole rings is 1. The van der Waals surface area contributed by atoms with Gasteiger partial charge in [-0.3, -0.25) is 9.59 Å². The molecule has 1 aromatic heterocycles. The third kappa shape index (κ3) is 4.63. The highest BCUT2D eigenvalue weighted by molar-refractivity contribution is 7.13. The number of carbonyl (C=O) groups excluding carboxylic acids is 2. The Morgan fingerprint density at radius 1 is 1.30 bits per heavy atom. The standard InChI is InChI=1S/C17H21N3O2S/c1-3-4-9-15-19-11(2)16(23-15)17(22)20-13-8-6-5-7-12(13)10-14(18)21/h5-8H,3-4,9-10H2,1-2H3,(H2,18,21)(H,20,22). The van der Waals surface area contributed by atoms with Crippen molar-refractivity contribution < 1.29 is 9.59 Å². The summed E-state index contributed by atoms with van der Waals surface area (Å²) in [5.74, 6) is -0.623. The van der Waals surface area contributed by atoms with E-state index in [1.807, 2.05) is 19.1 Å². The topological polar surface area (TPSA) is 85.1 Å². The lowest BCUT2D eigenvalue weighted by Crippen LogP contribution is -2.17. The zero-order valence-electron chi connectivity index (χ0n) is 13.4. The van der Waals surface area contributed by atoms with Crippen LogP contribution in [0.4, 0.5) is 5.69 Å². The van der Waals surface area contributed by atoms with Crippen molar-refractivity contribution in [2.24, 2.45) is 5.73 Å². The monoisotopic (exact) mass is 331 g/mol. The summed E-state index contributed by atoms with van der Waals surface area (Å²) in [6.45, 7) is 3.97. The Morgan fingerprint density at radius 3 is 2.74 bits per heavy atom. The Bertz CT molecular complexity index is 710. The molecule has 2 aromatic rings. The average Bonchev–Trinajstić information content (AvgIpc) is 2.87. The molecule has 0 aliphatic rings. The molecule has 0 saturated heterocycles. The van der Waals surface area contributed by atoms with E-state index in [2.05, 4.69) is 17.2 Å². The minimum atomic E-state index is -0.428. The highest BCUT2D eigenvalue weighted by Gasteiger charge is 2.16. The summed E-state index contributed by atoms with van der Waals surface area (Å²) in [4.78, 5) is 28.7. The van der Waals surface area contributed by atoms with Crippen molar-refractivity contribution in [1.82, 2.24) is 4.98 Å². The first kappa shape index (κ1) is 17.1. The second-order valence-corrected chi connectivity index (χ2v) is 6.46. The van der Waals surface area contributed by atoms with Crippen LogP contribution in [0.5, 0.6) is 0 Å². The van der Waals surface area contributed by atoms with Crippen molar-refractivity contribution in [2.45, 2.75) is 39.5 Å². The normalized spacial score (nSPS) is 10.5. The summed E-state index contributed by atoms with van der Waals surface area (Å²) in [5, 5.41) is 3.85. The van der Waals surface area contributed by atoms with Crippen LogP contribution < -0.4 is 11.1 Å². The van der Waals surface area contributed by atoms with Crippen molar-refractivity contribution in [3.63, 3.8) is 0 Å². The van der Waals surface area contributed by atoms with Crippen LogP contribution in [-0.2, 0) is 17.6 Å². The zero-order valence-corrected chi connectivity index (χ0v) is 14.2. The van der Waals surface area contributed by atoms with Crippen molar-refractivity contribution in [1.29, 1.82) is 0 Å². The van der Waals surface area contributed by atoms with E-state index in [4.69, 9.17) is 5.73 Å². The molecule has 1 heterocycles. The fourth-order valence-electron chi connectivity index (χ4n) is 2.26. The number of para-hydroxylation sites is 1. The molecule has 0 unspecified atom stereocenters. The van der Waals surface area contributed by atoms with Gasteiger partial charge in [0.25, 0.3) is 5.91 Å². The van der Waals surface area contributed by atoms with Gasteiger partial charge in [-0.1, -0.05) is 31.5 Å². The van der Waals surface area contributed by atoms with Gasteiger partial charge in [-0.15, -0.1) is 11.3 Å². The van der Waals surface area contributed by atoms with Crippen molar-refractivity contribution >= 4 is 28.8 Å². The Kier molecular flexibility index (Phi) is 5.87. The number of benzene rings is 1. The lowest BCUT2D eigenvalue weighted by Gasteiger charge is -2.09. The second-order valence-electron chi connectivity index (χ2n) is 5.38. The Hall–Kier alpha value is -2.21. The van der Waals surface area contributed by atoms with E-state index >= 15 is 0 Å². The van der Waals surface area contributed by atoms with E-state index in [1.165, 1.54) is 11.3 Å². The number of aryl methyl sites for hydroxylation is 2. The number of anilines is 1. The number of carbonyl (C=O) groups is 2. The van der Waals surface area contributed by atoms with Crippen LogP contribution in [0.25, 0.3) is 0 Å². The van der Waals surface area contributed by atoms with Gasteiger partial charge in [-0.25, -0.2) is 4.98 Å². The van der Waals surface area contributed by atoms with Gasteiger partial charge >= 0.3 is 0 Å². The zero-order chi connectivity index (χ0) is 16.8. The smallest absolute Gasteiger partial charge is 0.267 e. The van der Waals surface area contributed by atoms with E-state index in [0.717, 1.165) is 30.0 Å². The quantitative estimate of drug-likeness (QED) is 0.817. The molecule has 0 aliphatic carbocycles. The van der Waals surface area contributed by atoms with Crippen LogP contribution in [0.2, 0.25) is 0 Å². The lowest BCUT2D eigenvalue weighted by atomic mass is 10.1. The SMILES string of the molecule is CCCCc1nc(C)c(C(=O)Nc2ccccc2CC(N)=O)s1. The van der Waals surface area contributed by atoms with Crippen LogP contribution >= 0.6 is 11.3 Å². The summed E-state index contributed by atoms with van der Waals surface area (Å²) < 4.78 is 0. The molecule has 0 radical (unpaired) electrons. The summed E-state index contributed by atoms with van der Waals surface area (Å²) in [7, 11) is 0. The minimum Gasteiger partial charge on any atom is -0.369 e. The van der Waals surface area contributed by atoms with E-state index in [1.54, 1.807) is 12.1 Å².